The lowest BCUT2D eigenvalue weighted by Gasteiger charge is -2.25. The third-order valence-electron chi connectivity index (χ3n) is 4.25. The molecule has 0 saturated heterocycles. The molecule has 0 aliphatic carbocycles. The molecule has 2 aromatic carbocycles. The van der Waals surface area contributed by atoms with Gasteiger partial charge in [-0.3, -0.25) is 0 Å². The van der Waals surface area contributed by atoms with Crippen molar-refractivity contribution in [1.82, 2.24) is 5.32 Å². The zero-order valence-corrected chi connectivity index (χ0v) is 16.3. The van der Waals surface area contributed by atoms with E-state index < -0.39 is 0 Å². The van der Waals surface area contributed by atoms with Crippen molar-refractivity contribution < 1.29 is 9.47 Å². The number of benzene rings is 2. The number of hydrogen-bond donors (Lipinski definition) is 1. The lowest BCUT2D eigenvalue weighted by molar-refractivity contribution is 0.269. The number of hydrogen-bond acceptors (Lipinski definition) is 3. The lowest BCUT2D eigenvalue weighted by atomic mass is 10.0. The highest BCUT2D eigenvalue weighted by molar-refractivity contribution is 6.30. The standard InChI is InChI=1S/C21H28ClNO2/c1-5-21(3,4)23-14-16-10-11-19(20(13-16)24-6-2)25-15-17-8-7-9-18(22)12-17/h7-13,23H,5-6,14-15H2,1-4H3. The van der Waals surface area contributed by atoms with Gasteiger partial charge in [-0.25, -0.2) is 0 Å². The monoisotopic (exact) mass is 361 g/mol. The summed E-state index contributed by atoms with van der Waals surface area (Å²) in [5.74, 6) is 1.53. The third kappa shape index (κ3) is 6.26. The molecule has 0 atom stereocenters. The molecule has 136 valence electrons. The molecule has 0 aromatic heterocycles. The van der Waals surface area contributed by atoms with Gasteiger partial charge in [0.15, 0.2) is 11.5 Å². The second kappa shape index (κ2) is 9.12. The minimum Gasteiger partial charge on any atom is -0.490 e. The molecule has 3 nitrogen and oxygen atoms in total. The van der Waals surface area contributed by atoms with Gasteiger partial charge in [-0.1, -0.05) is 36.7 Å². The third-order valence-corrected chi connectivity index (χ3v) is 4.48. The van der Waals surface area contributed by atoms with Crippen LogP contribution in [0.4, 0.5) is 0 Å². The highest BCUT2D eigenvalue weighted by Gasteiger charge is 2.14. The Hall–Kier alpha value is -1.71. The molecule has 0 spiro atoms. The Morgan fingerprint density at radius 3 is 2.44 bits per heavy atom. The van der Waals surface area contributed by atoms with Gasteiger partial charge in [-0.2, -0.15) is 0 Å². The Morgan fingerprint density at radius 1 is 0.960 bits per heavy atom. The van der Waals surface area contributed by atoms with E-state index in [-0.39, 0.29) is 5.54 Å². The average molecular weight is 362 g/mol. The van der Waals surface area contributed by atoms with Gasteiger partial charge in [-0.15, -0.1) is 0 Å². The summed E-state index contributed by atoms with van der Waals surface area (Å²) in [6.45, 7) is 10.4. The Kier molecular flexibility index (Phi) is 7.15. The summed E-state index contributed by atoms with van der Waals surface area (Å²) in [6, 6.07) is 13.8. The van der Waals surface area contributed by atoms with Gasteiger partial charge >= 0.3 is 0 Å². The van der Waals surface area contributed by atoms with Crippen LogP contribution in [0.25, 0.3) is 0 Å². The summed E-state index contributed by atoms with van der Waals surface area (Å²) in [6.07, 6.45) is 1.08. The number of ether oxygens (including phenoxy) is 2. The SMILES string of the molecule is CCOc1cc(CNC(C)(C)CC)ccc1OCc1cccc(Cl)c1. The van der Waals surface area contributed by atoms with Crippen molar-refractivity contribution in [2.45, 2.75) is 52.8 Å². The van der Waals surface area contributed by atoms with Crippen LogP contribution in [0.2, 0.25) is 5.02 Å². The molecule has 2 rings (SSSR count). The van der Waals surface area contributed by atoms with Crippen LogP contribution < -0.4 is 14.8 Å². The quantitative estimate of drug-likeness (QED) is 0.631. The Balaban J connectivity index is 2.07. The van der Waals surface area contributed by atoms with Gasteiger partial charge in [-0.05, 0) is 62.6 Å². The Labute approximate surface area is 156 Å². The summed E-state index contributed by atoms with van der Waals surface area (Å²) >= 11 is 6.02. The van der Waals surface area contributed by atoms with Crippen molar-refractivity contribution in [1.29, 1.82) is 0 Å². The molecule has 0 fully saturated rings. The van der Waals surface area contributed by atoms with Gasteiger partial charge in [0.2, 0.25) is 0 Å². The van der Waals surface area contributed by atoms with E-state index >= 15 is 0 Å². The molecule has 0 amide bonds. The van der Waals surface area contributed by atoms with E-state index in [0.29, 0.717) is 18.2 Å². The normalized spacial score (nSPS) is 11.4. The topological polar surface area (TPSA) is 30.5 Å². The van der Waals surface area contributed by atoms with Crippen molar-refractivity contribution >= 4 is 11.6 Å². The molecule has 0 radical (unpaired) electrons. The second-order valence-electron chi connectivity index (χ2n) is 6.72. The summed E-state index contributed by atoms with van der Waals surface area (Å²) in [4.78, 5) is 0. The molecule has 1 N–H and O–H groups in total. The molecule has 0 aliphatic heterocycles. The summed E-state index contributed by atoms with van der Waals surface area (Å²) in [5.41, 5.74) is 2.33. The van der Waals surface area contributed by atoms with E-state index in [1.807, 2.05) is 37.3 Å². The highest BCUT2D eigenvalue weighted by atomic mass is 35.5. The van der Waals surface area contributed by atoms with Crippen molar-refractivity contribution in [3.05, 3.63) is 58.6 Å². The summed E-state index contributed by atoms with van der Waals surface area (Å²) < 4.78 is 11.7. The maximum Gasteiger partial charge on any atom is 0.161 e. The van der Waals surface area contributed by atoms with Crippen molar-refractivity contribution in [3.63, 3.8) is 0 Å². The lowest BCUT2D eigenvalue weighted by Crippen LogP contribution is -2.37. The second-order valence-corrected chi connectivity index (χ2v) is 7.16. The summed E-state index contributed by atoms with van der Waals surface area (Å²) in [7, 11) is 0. The van der Waals surface area contributed by atoms with Crippen molar-refractivity contribution in [2.24, 2.45) is 0 Å². The molecule has 2 aromatic rings. The molecule has 0 unspecified atom stereocenters. The first-order valence-corrected chi connectivity index (χ1v) is 9.19. The molecule has 4 heteroatoms. The first kappa shape index (κ1) is 19.6. The van der Waals surface area contributed by atoms with Crippen LogP contribution in [0, 0.1) is 0 Å². The first-order chi connectivity index (χ1) is 11.9. The number of nitrogens with one attached hydrogen (secondary N) is 1. The predicted molar refractivity (Wildman–Crippen MR) is 105 cm³/mol. The Morgan fingerprint density at radius 2 is 1.76 bits per heavy atom. The van der Waals surface area contributed by atoms with Crippen LogP contribution in [-0.4, -0.2) is 12.1 Å². The van der Waals surface area contributed by atoms with Gasteiger partial charge in [0.1, 0.15) is 6.61 Å². The smallest absolute Gasteiger partial charge is 0.161 e. The van der Waals surface area contributed by atoms with Gasteiger partial charge in [0, 0.05) is 17.1 Å². The van der Waals surface area contributed by atoms with E-state index in [2.05, 4.69) is 38.2 Å². The molecule has 0 saturated carbocycles. The van der Waals surface area contributed by atoms with Crippen LogP contribution in [0.3, 0.4) is 0 Å². The zero-order chi connectivity index (χ0) is 18.3. The predicted octanol–water partition coefficient (Wildman–Crippen LogP) is 5.60. The van der Waals surface area contributed by atoms with Gasteiger partial charge in [0.05, 0.1) is 6.61 Å². The average Bonchev–Trinajstić information content (AvgIpc) is 2.59. The fourth-order valence-electron chi connectivity index (χ4n) is 2.30. The first-order valence-electron chi connectivity index (χ1n) is 8.81. The molecule has 25 heavy (non-hydrogen) atoms. The number of rotatable bonds is 9. The fourth-order valence-corrected chi connectivity index (χ4v) is 2.52. The van der Waals surface area contributed by atoms with E-state index in [4.69, 9.17) is 21.1 Å². The zero-order valence-electron chi connectivity index (χ0n) is 15.6. The summed E-state index contributed by atoms with van der Waals surface area (Å²) in [5, 5.41) is 4.28. The minimum atomic E-state index is 0.119. The van der Waals surface area contributed by atoms with Crippen LogP contribution in [0.5, 0.6) is 11.5 Å². The van der Waals surface area contributed by atoms with Crippen LogP contribution in [-0.2, 0) is 13.2 Å². The molecule has 0 aliphatic rings. The van der Waals surface area contributed by atoms with Crippen molar-refractivity contribution in [3.8, 4) is 11.5 Å². The van der Waals surface area contributed by atoms with E-state index in [1.165, 1.54) is 5.56 Å². The fraction of sp³-hybridized carbons (Fsp3) is 0.429. The van der Waals surface area contributed by atoms with E-state index in [0.717, 1.165) is 30.0 Å². The molecule has 0 bridgehead atoms. The largest absolute Gasteiger partial charge is 0.490 e. The van der Waals surface area contributed by atoms with Gasteiger partial charge in [0.25, 0.3) is 0 Å². The minimum absolute atomic E-state index is 0.119. The maximum absolute atomic E-state index is 6.02. The van der Waals surface area contributed by atoms with Crippen LogP contribution in [0.15, 0.2) is 42.5 Å². The Bertz CT molecular complexity index is 685. The van der Waals surface area contributed by atoms with Crippen molar-refractivity contribution in [2.75, 3.05) is 6.61 Å². The molecular weight excluding hydrogens is 334 g/mol. The van der Waals surface area contributed by atoms with Crippen LogP contribution in [0.1, 0.15) is 45.2 Å². The van der Waals surface area contributed by atoms with Crippen LogP contribution >= 0.6 is 11.6 Å². The highest BCUT2D eigenvalue weighted by Crippen LogP contribution is 2.29. The molecular formula is C21H28ClNO2. The van der Waals surface area contributed by atoms with Gasteiger partial charge < -0.3 is 14.8 Å². The number of halogens is 1. The van der Waals surface area contributed by atoms with E-state index in [9.17, 15) is 0 Å². The maximum atomic E-state index is 6.02. The van der Waals surface area contributed by atoms with E-state index in [1.54, 1.807) is 0 Å². The molecule has 0 heterocycles.